The van der Waals surface area contributed by atoms with Gasteiger partial charge in [-0.05, 0) is 36.8 Å². The maximum absolute atomic E-state index is 15.1. The lowest BCUT2D eigenvalue weighted by Gasteiger charge is -2.36. The van der Waals surface area contributed by atoms with Crippen LogP contribution in [0.1, 0.15) is 34.5 Å². The molecule has 0 bridgehead atoms. The highest BCUT2D eigenvalue weighted by Gasteiger charge is 2.52. The summed E-state index contributed by atoms with van der Waals surface area (Å²) in [6.45, 7) is 0. The van der Waals surface area contributed by atoms with E-state index in [4.69, 9.17) is 15.1 Å². The lowest BCUT2D eigenvalue weighted by atomic mass is 9.81. The third-order valence-corrected chi connectivity index (χ3v) is 6.88. The monoisotopic (exact) mass is 469 g/mol. The normalized spacial score (nSPS) is 23.7. The fourth-order valence-electron chi connectivity index (χ4n) is 4.29. The second-order valence-corrected chi connectivity index (χ2v) is 8.78. The first-order chi connectivity index (χ1) is 15.8. The van der Waals surface area contributed by atoms with E-state index in [1.165, 1.54) is 48.3 Å². The molecule has 3 atom stereocenters. The van der Waals surface area contributed by atoms with E-state index in [-0.39, 0.29) is 28.4 Å². The average Bonchev–Trinajstić information content (AvgIpc) is 3.19. The summed E-state index contributed by atoms with van der Waals surface area (Å²) in [5.74, 6) is -0.545. The van der Waals surface area contributed by atoms with Gasteiger partial charge in [0.05, 0.1) is 17.2 Å². The number of benzene rings is 1. The molecule has 1 aliphatic heterocycles. The molecule has 1 fully saturated rings. The molecule has 33 heavy (non-hydrogen) atoms. The zero-order valence-electron chi connectivity index (χ0n) is 17.5. The van der Waals surface area contributed by atoms with Crippen molar-refractivity contribution < 1.29 is 23.8 Å². The number of halogens is 1. The number of amidine groups is 1. The lowest BCUT2D eigenvalue weighted by molar-refractivity contribution is 0.101. The van der Waals surface area contributed by atoms with Crippen molar-refractivity contribution in [2.75, 3.05) is 18.2 Å². The fraction of sp³-hybridized carbons (Fsp3) is 0.318. The first-order valence-corrected chi connectivity index (χ1v) is 11.1. The van der Waals surface area contributed by atoms with Crippen LogP contribution in [0, 0.1) is 23.1 Å². The summed E-state index contributed by atoms with van der Waals surface area (Å²) < 4.78 is 20.7. The summed E-state index contributed by atoms with van der Waals surface area (Å²) in [5.41, 5.74) is 0.0198. The Bertz CT molecular complexity index is 1170. The third kappa shape index (κ3) is 4.53. The van der Waals surface area contributed by atoms with Crippen LogP contribution in [-0.4, -0.2) is 46.2 Å². The van der Waals surface area contributed by atoms with Gasteiger partial charge in [0.15, 0.2) is 5.17 Å². The molecular weight excluding hydrogens is 449 g/mol. The number of nitriles is 1. The number of aliphatic imine (C=N–C) groups is 1. The molecule has 0 unspecified atom stereocenters. The van der Waals surface area contributed by atoms with Gasteiger partial charge in [0.1, 0.15) is 17.6 Å². The van der Waals surface area contributed by atoms with Gasteiger partial charge in [0.2, 0.25) is 0 Å². The van der Waals surface area contributed by atoms with Crippen molar-refractivity contribution in [3.63, 3.8) is 0 Å². The first-order valence-electron chi connectivity index (χ1n) is 10.1. The van der Waals surface area contributed by atoms with Crippen LogP contribution < -0.4 is 10.6 Å². The van der Waals surface area contributed by atoms with Gasteiger partial charge in [0, 0.05) is 42.6 Å². The van der Waals surface area contributed by atoms with Gasteiger partial charge in [0.25, 0.3) is 5.91 Å². The number of methoxy groups -OCH3 is 1. The Morgan fingerprint density at radius 1 is 1.33 bits per heavy atom. The number of aromatic nitrogens is 1. The summed E-state index contributed by atoms with van der Waals surface area (Å²) >= 11 is 1.27. The molecule has 2 aromatic rings. The summed E-state index contributed by atoms with van der Waals surface area (Å²) in [6.07, 6.45) is 0.920. The second-order valence-electron chi connectivity index (χ2n) is 7.77. The number of anilines is 1. The smallest absolute Gasteiger partial charge is 0.410 e. The molecule has 0 saturated heterocycles. The van der Waals surface area contributed by atoms with Gasteiger partial charge >= 0.3 is 6.09 Å². The van der Waals surface area contributed by atoms with Crippen molar-refractivity contribution in [3.8, 4) is 6.07 Å². The molecule has 170 valence electrons. The van der Waals surface area contributed by atoms with Gasteiger partial charge in [-0.15, -0.1) is 0 Å². The highest BCUT2D eigenvalue weighted by atomic mass is 32.2. The number of carbonyl (C=O) groups excluding carboxylic acids is 1. The quantitative estimate of drug-likeness (QED) is 0.625. The zero-order valence-corrected chi connectivity index (χ0v) is 18.4. The average molecular weight is 469 g/mol. The molecular formula is C22H20FN5O4S. The first kappa shape index (κ1) is 22.7. The molecule has 0 radical (unpaired) electrons. The van der Waals surface area contributed by atoms with Crippen molar-refractivity contribution in [2.45, 2.75) is 24.5 Å². The van der Waals surface area contributed by atoms with Crippen LogP contribution in [0.25, 0.3) is 0 Å². The Morgan fingerprint density at radius 2 is 2.15 bits per heavy atom. The summed E-state index contributed by atoms with van der Waals surface area (Å²) in [5, 5.41) is 23.2. The van der Waals surface area contributed by atoms with Gasteiger partial charge in [-0.25, -0.2) is 14.2 Å². The highest BCUT2D eigenvalue weighted by molar-refractivity contribution is 8.13. The predicted molar refractivity (Wildman–Crippen MR) is 120 cm³/mol. The van der Waals surface area contributed by atoms with Crippen molar-refractivity contribution >= 4 is 34.6 Å². The van der Waals surface area contributed by atoms with Crippen LogP contribution in [0.15, 0.2) is 41.5 Å². The van der Waals surface area contributed by atoms with Crippen molar-refractivity contribution in [1.29, 1.82) is 5.26 Å². The molecule has 1 aromatic heterocycles. The van der Waals surface area contributed by atoms with Gasteiger partial charge in [-0.1, -0.05) is 11.8 Å². The Kier molecular flexibility index (Phi) is 6.31. The van der Waals surface area contributed by atoms with E-state index in [0.717, 1.165) is 0 Å². The molecule has 2 heterocycles. The number of pyridine rings is 1. The number of fused-ring (bicyclic) bond motifs is 1. The molecule has 3 N–H and O–H groups in total. The van der Waals surface area contributed by atoms with E-state index in [1.54, 1.807) is 7.11 Å². The number of amides is 2. The standard InChI is InChI=1S/C22H20FN5O4S/c1-32-15-6-13-11-33-20(27-21(30)31)28-22(13,8-15)16-7-14(3-4-17(16)23)26-19(29)18-5-2-12(9-24)10-25-18/h2-5,7,10,13,15H,6,8,11H2,1H3,(H,26,29)(H,27,28)(H,30,31)/t13-,15+,22-/m0/s1. The number of hydrogen-bond acceptors (Lipinski definition) is 7. The van der Waals surface area contributed by atoms with Crippen LogP contribution in [0.5, 0.6) is 0 Å². The lowest BCUT2D eigenvalue weighted by Crippen LogP contribution is -2.40. The molecule has 9 nitrogen and oxygen atoms in total. The largest absolute Gasteiger partial charge is 0.465 e. The van der Waals surface area contributed by atoms with E-state index < -0.39 is 23.4 Å². The number of thioether (sulfide) groups is 1. The summed E-state index contributed by atoms with van der Waals surface area (Å²) in [7, 11) is 1.58. The van der Waals surface area contributed by atoms with E-state index in [2.05, 4.69) is 20.6 Å². The van der Waals surface area contributed by atoms with Crippen LogP contribution >= 0.6 is 11.8 Å². The number of ether oxygens (including phenoxy) is 1. The van der Waals surface area contributed by atoms with Crippen LogP contribution in [0.2, 0.25) is 0 Å². The fourth-order valence-corrected chi connectivity index (χ4v) is 5.45. The van der Waals surface area contributed by atoms with E-state index in [0.29, 0.717) is 29.8 Å². The minimum Gasteiger partial charge on any atom is -0.465 e. The molecule has 11 heteroatoms. The zero-order chi connectivity index (χ0) is 23.6. The topological polar surface area (TPSA) is 137 Å². The molecule has 1 saturated carbocycles. The molecule has 2 amide bonds. The number of hydrogen-bond donors (Lipinski definition) is 3. The number of nitrogens with one attached hydrogen (secondary N) is 2. The Morgan fingerprint density at radius 3 is 2.82 bits per heavy atom. The van der Waals surface area contributed by atoms with Gasteiger partial charge < -0.3 is 15.2 Å². The van der Waals surface area contributed by atoms with E-state index >= 15 is 4.39 Å². The number of carboxylic acid groups (broad SMARTS) is 1. The van der Waals surface area contributed by atoms with Crippen molar-refractivity contribution in [2.24, 2.45) is 10.9 Å². The van der Waals surface area contributed by atoms with Gasteiger partial charge in [-0.3, -0.25) is 15.1 Å². The molecule has 0 spiro atoms. The minimum atomic E-state index is -1.24. The molecule has 2 aliphatic rings. The number of rotatable bonds is 4. The van der Waals surface area contributed by atoms with Crippen LogP contribution in [0.3, 0.4) is 0 Å². The van der Waals surface area contributed by atoms with E-state index in [1.807, 2.05) is 6.07 Å². The van der Waals surface area contributed by atoms with Crippen LogP contribution in [0.4, 0.5) is 14.9 Å². The predicted octanol–water partition coefficient (Wildman–Crippen LogP) is 3.34. The summed E-state index contributed by atoms with van der Waals surface area (Å²) in [4.78, 5) is 32.4. The van der Waals surface area contributed by atoms with Crippen molar-refractivity contribution in [1.82, 2.24) is 10.3 Å². The number of nitrogens with zero attached hydrogens (tertiary/aromatic N) is 3. The molecule has 1 aliphatic carbocycles. The van der Waals surface area contributed by atoms with Crippen LogP contribution in [-0.2, 0) is 10.3 Å². The Balaban J connectivity index is 1.69. The maximum Gasteiger partial charge on any atom is 0.410 e. The summed E-state index contributed by atoms with van der Waals surface area (Å²) in [6, 6.07) is 9.07. The molecule has 4 rings (SSSR count). The Labute approximate surface area is 193 Å². The maximum atomic E-state index is 15.1. The van der Waals surface area contributed by atoms with E-state index in [9.17, 15) is 9.59 Å². The Hall–Kier alpha value is -3.49. The van der Waals surface area contributed by atoms with Gasteiger partial charge in [-0.2, -0.15) is 5.26 Å². The van der Waals surface area contributed by atoms with Crippen molar-refractivity contribution in [3.05, 3.63) is 59.2 Å². The minimum absolute atomic E-state index is 0.0764. The molecule has 1 aromatic carbocycles. The third-order valence-electron chi connectivity index (χ3n) is 5.85. The number of carbonyl (C=O) groups is 2. The highest BCUT2D eigenvalue weighted by Crippen LogP contribution is 2.52. The second kappa shape index (κ2) is 9.17. The SMILES string of the molecule is CO[C@@H]1C[C@H]2CSC(NC(=O)O)=N[C@@]2(c2cc(NC(=O)c3ccc(C#N)cn3)ccc2F)C1.